The first kappa shape index (κ1) is 21.2. The zero-order valence-corrected chi connectivity index (χ0v) is 16.9. The molecule has 0 aliphatic heterocycles. The topological polar surface area (TPSA) is 73.9 Å². The summed E-state index contributed by atoms with van der Waals surface area (Å²) in [6, 6.07) is 20.9. The van der Waals surface area contributed by atoms with Crippen molar-refractivity contribution in [2.75, 3.05) is 25.1 Å². The zero-order chi connectivity index (χ0) is 21.2. The Kier molecular flexibility index (Phi) is 7.66. The lowest BCUT2D eigenvalue weighted by molar-refractivity contribution is -0.147. The van der Waals surface area contributed by atoms with Gasteiger partial charge in [-0.3, -0.25) is 9.59 Å². The highest BCUT2D eigenvalue weighted by atomic mass is 16.5. The molecule has 1 amide bonds. The number of fused-ring (bicyclic) bond motifs is 1. The number of amides is 1. The van der Waals surface area contributed by atoms with Crippen LogP contribution >= 0.6 is 0 Å². The van der Waals surface area contributed by atoms with Gasteiger partial charge in [0.05, 0.1) is 13.2 Å². The van der Waals surface area contributed by atoms with Gasteiger partial charge in [0, 0.05) is 12.1 Å². The minimum Gasteiger partial charge on any atom is -0.490 e. The van der Waals surface area contributed by atoms with E-state index in [1.165, 1.54) is 0 Å². The molecule has 0 aliphatic carbocycles. The van der Waals surface area contributed by atoms with E-state index in [4.69, 9.17) is 14.2 Å². The van der Waals surface area contributed by atoms with Gasteiger partial charge < -0.3 is 19.5 Å². The fraction of sp³-hybridized carbons (Fsp3) is 0.250. The van der Waals surface area contributed by atoms with E-state index < -0.39 is 5.97 Å². The number of ether oxygens (including phenoxy) is 3. The van der Waals surface area contributed by atoms with Crippen molar-refractivity contribution in [3.63, 3.8) is 0 Å². The lowest BCUT2D eigenvalue weighted by Crippen LogP contribution is -2.21. The third kappa shape index (κ3) is 6.24. The fourth-order valence-corrected chi connectivity index (χ4v) is 2.93. The molecule has 30 heavy (non-hydrogen) atoms. The number of nitrogens with one attached hydrogen (secondary N) is 1. The third-order valence-corrected chi connectivity index (χ3v) is 4.33. The maximum Gasteiger partial charge on any atom is 0.306 e. The number of anilines is 1. The van der Waals surface area contributed by atoms with Gasteiger partial charge >= 0.3 is 5.97 Å². The average molecular weight is 407 g/mol. The highest BCUT2D eigenvalue weighted by molar-refractivity contribution is 5.95. The number of esters is 1. The van der Waals surface area contributed by atoms with Gasteiger partial charge in [0.1, 0.15) is 0 Å². The smallest absolute Gasteiger partial charge is 0.306 e. The molecule has 156 valence electrons. The number of hydrogen-bond donors (Lipinski definition) is 1. The molecule has 6 heteroatoms. The Morgan fingerprint density at radius 2 is 1.57 bits per heavy atom. The lowest BCUT2D eigenvalue weighted by atomic mass is 10.1. The quantitative estimate of drug-likeness (QED) is 0.393. The summed E-state index contributed by atoms with van der Waals surface area (Å²) in [5, 5.41) is 4.86. The summed E-state index contributed by atoms with van der Waals surface area (Å²) in [6.07, 6.45) is 0.644. The van der Waals surface area contributed by atoms with Crippen LogP contribution in [-0.4, -0.2) is 31.7 Å². The number of hydrogen-bond acceptors (Lipinski definition) is 5. The first-order valence-electron chi connectivity index (χ1n) is 9.94. The standard InChI is InChI=1S/C24H25NO5/c1-2-28-21-10-5-6-11-22(21)29-15-7-12-24(27)30-17-23(26)25-20-14-13-18-8-3-4-9-19(18)16-20/h3-6,8-11,13-14,16H,2,7,12,15,17H2,1H3,(H,25,26). The van der Waals surface area contributed by atoms with E-state index in [9.17, 15) is 9.59 Å². The van der Waals surface area contributed by atoms with E-state index in [1.807, 2.05) is 73.7 Å². The Morgan fingerprint density at radius 1 is 0.867 bits per heavy atom. The molecule has 3 rings (SSSR count). The maximum absolute atomic E-state index is 12.0. The monoisotopic (exact) mass is 407 g/mol. The zero-order valence-electron chi connectivity index (χ0n) is 16.9. The molecule has 3 aromatic carbocycles. The van der Waals surface area contributed by atoms with E-state index in [0.717, 1.165) is 10.8 Å². The van der Waals surface area contributed by atoms with Crippen LogP contribution in [-0.2, 0) is 14.3 Å². The number of rotatable bonds is 10. The van der Waals surface area contributed by atoms with Crippen LogP contribution < -0.4 is 14.8 Å². The van der Waals surface area contributed by atoms with Crippen molar-refractivity contribution >= 4 is 28.3 Å². The minimum atomic E-state index is -0.439. The second-order valence-electron chi connectivity index (χ2n) is 6.60. The average Bonchev–Trinajstić information content (AvgIpc) is 2.76. The van der Waals surface area contributed by atoms with Crippen molar-refractivity contribution in [3.05, 3.63) is 66.7 Å². The Morgan fingerprint density at radius 3 is 2.33 bits per heavy atom. The van der Waals surface area contributed by atoms with Gasteiger partial charge in [-0.2, -0.15) is 0 Å². The van der Waals surface area contributed by atoms with Gasteiger partial charge in [-0.25, -0.2) is 0 Å². The number of carbonyl (C=O) groups excluding carboxylic acids is 2. The van der Waals surface area contributed by atoms with Crippen LogP contribution in [0.4, 0.5) is 5.69 Å². The Bertz CT molecular complexity index is 1000. The molecule has 0 aromatic heterocycles. The van der Waals surface area contributed by atoms with E-state index in [0.29, 0.717) is 36.8 Å². The maximum atomic E-state index is 12.0. The summed E-state index contributed by atoms with van der Waals surface area (Å²) >= 11 is 0. The number of carbonyl (C=O) groups is 2. The molecule has 0 saturated heterocycles. The summed E-state index contributed by atoms with van der Waals surface area (Å²) in [5.41, 5.74) is 0.663. The van der Waals surface area contributed by atoms with Crippen molar-refractivity contribution in [2.45, 2.75) is 19.8 Å². The van der Waals surface area contributed by atoms with E-state index >= 15 is 0 Å². The van der Waals surface area contributed by atoms with Crippen molar-refractivity contribution in [1.29, 1.82) is 0 Å². The Hall–Kier alpha value is -3.54. The molecule has 0 aliphatic rings. The number of benzene rings is 3. The predicted molar refractivity (Wildman–Crippen MR) is 116 cm³/mol. The van der Waals surface area contributed by atoms with Gasteiger partial charge in [-0.15, -0.1) is 0 Å². The van der Waals surface area contributed by atoms with Crippen LogP contribution in [0, 0.1) is 0 Å². The first-order valence-corrected chi connectivity index (χ1v) is 9.94. The molecule has 1 N–H and O–H groups in total. The van der Waals surface area contributed by atoms with Gasteiger partial charge in [-0.1, -0.05) is 42.5 Å². The Balaban J connectivity index is 1.36. The summed E-state index contributed by atoms with van der Waals surface area (Å²) in [4.78, 5) is 23.9. The molecular formula is C24H25NO5. The molecule has 0 radical (unpaired) electrons. The SMILES string of the molecule is CCOc1ccccc1OCCCC(=O)OCC(=O)Nc1ccc2ccccc2c1. The van der Waals surface area contributed by atoms with E-state index in [1.54, 1.807) is 0 Å². The van der Waals surface area contributed by atoms with Crippen LogP contribution in [0.2, 0.25) is 0 Å². The van der Waals surface area contributed by atoms with Gasteiger partial charge in [0.25, 0.3) is 5.91 Å². The summed E-state index contributed by atoms with van der Waals surface area (Å²) in [7, 11) is 0. The second-order valence-corrected chi connectivity index (χ2v) is 6.60. The van der Waals surface area contributed by atoms with Crippen LogP contribution in [0.25, 0.3) is 10.8 Å². The van der Waals surface area contributed by atoms with Crippen molar-refractivity contribution in [1.82, 2.24) is 0 Å². The van der Waals surface area contributed by atoms with Gasteiger partial charge in [-0.05, 0) is 48.4 Å². The molecule has 6 nitrogen and oxygen atoms in total. The molecule has 0 fully saturated rings. The lowest BCUT2D eigenvalue weighted by Gasteiger charge is -2.11. The fourth-order valence-electron chi connectivity index (χ4n) is 2.93. The van der Waals surface area contributed by atoms with E-state index in [2.05, 4.69) is 5.32 Å². The molecule has 0 spiro atoms. The summed E-state index contributed by atoms with van der Waals surface area (Å²) < 4.78 is 16.2. The molecule has 0 heterocycles. The Labute approximate surface area is 175 Å². The normalized spacial score (nSPS) is 10.4. The molecule has 0 bridgehead atoms. The van der Waals surface area contributed by atoms with E-state index in [-0.39, 0.29) is 18.9 Å². The van der Waals surface area contributed by atoms with Crippen molar-refractivity contribution < 1.29 is 23.8 Å². The molecule has 0 unspecified atom stereocenters. The molecule has 0 saturated carbocycles. The predicted octanol–water partition coefficient (Wildman–Crippen LogP) is 4.58. The van der Waals surface area contributed by atoms with Crippen LogP contribution in [0.15, 0.2) is 66.7 Å². The van der Waals surface area contributed by atoms with Gasteiger partial charge in [0.2, 0.25) is 0 Å². The second kappa shape index (κ2) is 10.9. The van der Waals surface area contributed by atoms with Crippen LogP contribution in [0.5, 0.6) is 11.5 Å². The molecule has 3 aromatic rings. The van der Waals surface area contributed by atoms with Crippen molar-refractivity contribution in [3.8, 4) is 11.5 Å². The van der Waals surface area contributed by atoms with Crippen LogP contribution in [0.3, 0.4) is 0 Å². The first-order chi connectivity index (χ1) is 14.7. The number of para-hydroxylation sites is 2. The highest BCUT2D eigenvalue weighted by Gasteiger charge is 2.09. The molecular weight excluding hydrogens is 382 g/mol. The van der Waals surface area contributed by atoms with Crippen LogP contribution in [0.1, 0.15) is 19.8 Å². The summed E-state index contributed by atoms with van der Waals surface area (Å²) in [5.74, 6) is 0.501. The largest absolute Gasteiger partial charge is 0.490 e. The minimum absolute atomic E-state index is 0.167. The molecule has 0 atom stereocenters. The summed E-state index contributed by atoms with van der Waals surface area (Å²) in [6.45, 7) is 2.49. The van der Waals surface area contributed by atoms with Crippen molar-refractivity contribution in [2.24, 2.45) is 0 Å². The highest BCUT2D eigenvalue weighted by Crippen LogP contribution is 2.26. The third-order valence-electron chi connectivity index (χ3n) is 4.33. The van der Waals surface area contributed by atoms with Gasteiger partial charge in [0.15, 0.2) is 18.1 Å².